The molecular formula is C13H19N3O2. The van der Waals surface area contributed by atoms with E-state index in [0.29, 0.717) is 0 Å². The molecule has 1 heterocycles. The fraction of sp³-hybridized carbons (Fsp3) is 0.615. The van der Waals surface area contributed by atoms with Crippen LogP contribution in [-0.2, 0) is 17.6 Å². The summed E-state index contributed by atoms with van der Waals surface area (Å²) < 4.78 is 0. The molecule has 0 amide bonds. The number of hydrogen-bond donors (Lipinski definition) is 2. The molecule has 0 saturated heterocycles. The van der Waals surface area contributed by atoms with Crippen LogP contribution in [0.25, 0.3) is 0 Å². The number of hydrogen-bond acceptors (Lipinski definition) is 4. The molecule has 1 aromatic heterocycles. The topological polar surface area (TPSA) is 75.1 Å². The number of nitrogens with one attached hydrogen (secondary N) is 1. The van der Waals surface area contributed by atoms with E-state index < -0.39 is 5.97 Å². The molecule has 0 bridgehead atoms. The van der Waals surface area contributed by atoms with E-state index in [1.807, 2.05) is 6.92 Å². The van der Waals surface area contributed by atoms with Gasteiger partial charge in [-0.3, -0.25) is 4.79 Å². The number of fused-ring (bicyclic) bond motifs is 1. The minimum atomic E-state index is -0.780. The van der Waals surface area contributed by atoms with Gasteiger partial charge in [-0.05, 0) is 32.1 Å². The van der Waals surface area contributed by atoms with Crippen molar-refractivity contribution in [1.29, 1.82) is 0 Å². The number of aliphatic carboxylic acids is 1. The van der Waals surface area contributed by atoms with Crippen molar-refractivity contribution in [3.63, 3.8) is 0 Å². The number of aryl methyl sites for hydroxylation is 1. The Morgan fingerprint density at radius 2 is 2.22 bits per heavy atom. The zero-order valence-corrected chi connectivity index (χ0v) is 10.6. The molecule has 1 aliphatic carbocycles. The second kappa shape index (κ2) is 5.80. The van der Waals surface area contributed by atoms with Gasteiger partial charge in [0.2, 0.25) is 0 Å². The van der Waals surface area contributed by atoms with Crippen molar-refractivity contribution >= 4 is 11.8 Å². The largest absolute Gasteiger partial charge is 0.481 e. The van der Waals surface area contributed by atoms with Crippen molar-refractivity contribution < 1.29 is 9.90 Å². The van der Waals surface area contributed by atoms with Gasteiger partial charge in [-0.25, -0.2) is 9.97 Å². The minimum absolute atomic E-state index is 0.0663. The number of nitrogens with zero attached hydrogens (tertiary/aromatic N) is 2. The van der Waals surface area contributed by atoms with E-state index in [1.165, 1.54) is 12.0 Å². The molecule has 0 saturated carbocycles. The zero-order chi connectivity index (χ0) is 13.0. The quantitative estimate of drug-likeness (QED) is 0.835. The van der Waals surface area contributed by atoms with Gasteiger partial charge in [-0.2, -0.15) is 0 Å². The maximum absolute atomic E-state index is 10.8. The summed E-state index contributed by atoms with van der Waals surface area (Å²) in [4.78, 5) is 19.4. The smallest absolute Gasteiger partial charge is 0.305 e. The molecule has 98 valence electrons. The van der Waals surface area contributed by atoms with Crippen LogP contribution in [0.2, 0.25) is 0 Å². The van der Waals surface area contributed by atoms with Gasteiger partial charge in [0.05, 0.1) is 6.42 Å². The second-order valence-electron chi connectivity index (χ2n) is 4.70. The summed E-state index contributed by atoms with van der Waals surface area (Å²) in [5.74, 6) is 0.0464. The molecule has 1 aliphatic rings. The maximum atomic E-state index is 10.8. The number of carboxylic acids is 1. The Bertz CT molecular complexity index is 434. The lowest BCUT2D eigenvalue weighted by molar-refractivity contribution is -0.137. The van der Waals surface area contributed by atoms with Crippen LogP contribution in [-0.4, -0.2) is 27.1 Å². The predicted molar refractivity (Wildman–Crippen MR) is 68.6 cm³/mol. The van der Waals surface area contributed by atoms with Gasteiger partial charge in [-0.15, -0.1) is 0 Å². The van der Waals surface area contributed by atoms with E-state index in [2.05, 4.69) is 15.3 Å². The number of rotatable bonds is 5. The van der Waals surface area contributed by atoms with Crippen molar-refractivity contribution in [3.05, 3.63) is 17.6 Å². The fourth-order valence-electron chi connectivity index (χ4n) is 2.35. The highest BCUT2D eigenvalue weighted by Gasteiger charge is 2.18. The Morgan fingerprint density at radius 3 is 2.94 bits per heavy atom. The van der Waals surface area contributed by atoms with E-state index in [1.54, 1.807) is 6.33 Å². The SMILES string of the molecule is CCC(CC(=O)O)Nc1ncnc2c1CCCC2. The highest BCUT2D eigenvalue weighted by molar-refractivity contribution is 5.68. The number of aromatic nitrogens is 2. The molecule has 0 aliphatic heterocycles. The minimum Gasteiger partial charge on any atom is -0.481 e. The Morgan fingerprint density at radius 1 is 1.44 bits per heavy atom. The first kappa shape index (κ1) is 12.8. The third kappa shape index (κ3) is 2.97. The normalized spacial score (nSPS) is 15.8. The van der Waals surface area contributed by atoms with Crippen molar-refractivity contribution in [1.82, 2.24) is 9.97 Å². The molecule has 1 unspecified atom stereocenters. The molecule has 1 atom stereocenters. The van der Waals surface area contributed by atoms with Crippen molar-refractivity contribution in [2.24, 2.45) is 0 Å². The Labute approximate surface area is 107 Å². The molecule has 18 heavy (non-hydrogen) atoms. The van der Waals surface area contributed by atoms with E-state index in [0.717, 1.165) is 37.2 Å². The van der Waals surface area contributed by atoms with Crippen LogP contribution in [0.1, 0.15) is 43.9 Å². The van der Waals surface area contributed by atoms with Gasteiger partial charge in [0.15, 0.2) is 0 Å². The molecule has 5 heteroatoms. The third-order valence-electron chi connectivity index (χ3n) is 3.38. The van der Waals surface area contributed by atoms with Crippen LogP contribution in [0.5, 0.6) is 0 Å². The molecule has 0 fully saturated rings. The standard InChI is InChI=1S/C13H19N3O2/c1-2-9(7-12(17)18)16-13-10-5-3-4-6-11(10)14-8-15-13/h8-9H,2-7H2,1H3,(H,17,18)(H,14,15,16). The first-order valence-corrected chi connectivity index (χ1v) is 6.51. The molecular weight excluding hydrogens is 230 g/mol. The van der Waals surface area contributed by atoms with Gasteiger partial charge in [0.25, 0.3) is 0 Å². The van der Waals surface area contributed by atoms with Crippen LogP contribution >= 0.6 is 0 Å². The first-order valence-electron chi connectivity index (χ1n) is 6.51. The Balaban J connectivity index is 2.15. The van der Waals surface area contributed by atoms with E-state index in [-0.39, 0.29) is 12.5 Å². The van der Waals surface area contributed by atoms with Gasteiger partial charge in [-0.1, -0.05) is 6.92 Å². The molecule has 5 nitrogen and oxygen atoms in total. The summed E-state index contributed by atoms with van der Waals surface area (Å²) in [5.41, 5.74) is 2.29. The van der Waals surface area contributed by atoms with Crippen molar-refractivity contribution in [2.45, 2.75) is 51.5 Å². The lowest BCUT2D eigenvalue weighted by Crippen LogP contribution is -2.24. The maximum Gasteiger partial charge on any atom is 0.305 e. The van der Waals surface area contributed by atoms with Crippen LogP contribution < -0.4 is 5.32 Å². The first-order chi connectivity index (χ1) is 8.70. The molecule has 0 spiro atoms. The van der Waals surface area contributed by atoms with Gasteiger partial charge < -0.3 is 10.4 Å². The van der Waals surface area contributed by atoms with Crippen LogP contribution in [0.15, 0.2) is 6.33 Å². The third-order valence-corrected chi connectivity index (χ3v) is 3.38. The monoisotopic (exact) mass is 249 g/mol. The van der Waals surface area contributed by atoms with Crippen LogP contribution in [0.4, 0.5) is 5.82 Å². The van der Waals surface area contributed by atoms with Crippen molar-refractivity contribution in [3.8, 4) is 0 Å². The number of carbonyl (C=O) groups is 1. The molecule has 2 N–H and O–H groups in total. The fourth-order valence-corrected chi connectivity index (χ4v) is 2.35. The number of carboxylic acid groups (broad SMARTS) is 1. The average Bonchev–Trinajstić information content (AvgIpc) is 2.38. The summed E-state index contributed by atoms with van der Waals surface area (Å²) in [7, 11) is 0. The highest BCUT2D eigenvalue weighted by atomic mass is 16.4. The van der Waals surface area contributed by atoms with E-state index in [9.17, 15) is 4.79 Å². The van der Waals surface area contributed by atoms with Crippen molar-refractivity contribution in [2.75, 3.05) is 5.32 Å². The summed E-state index contributed by atoms with van der Waals surface area (Å²) in [6.45, 7) is 1.98. The second-order valence-corrected chi connectivity index (χ2v) is 4.70. The van der Waals surface area contributed by atoms with Gasteiger partial charge in [0, 0.05) is 17.3 Å². The summed E-state index contributed by atoms with van der Waals surface area (Å²) in [5, 5.41) is 12.1. The van der Waals surface area contributed by atoms with Gasteiger partial charge >= 0.3 is 5.97 Å². The van der Waals surface area contributed by atoms with E-state index >= 15 is 0 Å². The Kier molecular flexibility index (Phi) is 4.12. The molecule has 0 aromatic carbocycles. The Hall–Kier alpha value is -1.65. The molecule has 1 aromatic rings. The van der Waals surface area contributed by atoms with Crippen LogP contribution in [0, 0.1) is 0 Å². The van der Waals surface area contributed by atoms with E-state index in [4.69, 9.17) is 5.11 Å². The lowest BCUT2D eigenvalue weighted by atomic mass is 9.96. The zero-order valence-electron chi connectivity index (χ0n) is 10.6. The van der Waals surface area contributed by atoms with Crippen LogP contribution in [0.3, 0.4) is 0 Å². The van der Waals surface area contributed by atoms with Gasteiger partial charge in [0.1, 0.15) is 12.1 Å². The average molecular weight is 249 g/mol. The summed E-state index contributed by atoms with van der Waals surface area (Å²) in [6, 6.07) is -0.0663. The summed E-state index contributed by atoms with van der Waals surface area (Å²) in [6.07, 6.45) is 6.78. The number of anilines is 1. The molecule has 0 radical (unpaired) electrons. The highest BCUT2D eigenvalue weighted by Crippen LogP contribution is 2.25. The lowest BCUT2D eigenvalue weighted by Gasteiger charge is -2.21. The molecule has 2 rings (SSSR count). The summed E-state index contributed by atoms with van der Waals surface area (Å²) >= 11 is 0. The predicted octanol–water partition coefficient (Wildman–Crippen LogP) is 2.02.